The third-order valence-electron chi connectivity index (χ3n) is 5.03. The molecule has 3 aromatic carbocycles. The fourth-order valence-electron chi connectivity index (χ4n) is 3.37. The van der Waals surface area contributed by atoms with E-state index in [4.69, 9.17) is 11.6 Å². The standard InChI is InChI=1S/C25H16ClF2N3O2S/c26-16-3-1-15(2-4-16)13-22-24(33)31(20-11-7-18(28)8-12-20)25(34-22)21(14-29)23(32)30-19-9-5-17(27)6-10-19/h1-12,22H,13H2,(H,30,32). The lowest BCUT2D eigenvalue weighted by Crippen LogP contribution is -2.30. The van der Waals surface area contributed by atoms with Gasteiger partial charge in [-0.3, -0.25) is 14.5 Å². The molecule has 1 fully saturated rings. The van der Waals surface area contributed by atoms with Crippen LogP contribution in [0.25, 0.3) is 0 Å². The van der Waals surface area contributed by atoms with E-state index in [2.05, 4.69) is 5.32 Å². The molecule has 5 nitrogen and oxygen atoms in total. The largest absolute Gasteiger partial charge is 0.321 e. The van der Waals surface area contributed by atoms with E-state index in [-0.39, 0.29) is 16.5 Å². The number of nitrogens with zero attached hydrogens (tertiary/aromatic N) is 2. The number of thioether (sulfide) groups is 1. The molecule has 0 bridgehead atoms. The number of hydrogen-bond donors (Lipinski definition) is 1. The highest BCUT2D eigenvalue weighted by molar-refractivity contribution is 8.05. The topological polar surface area (TPSA) is 73.2 Å². The zero-order valence-corrected chi connectivity index (χ0v) is 19.0. The normalized spacial score (nSPS) is 16.8. The molecular formula is C25H16ClF2N3O2S. The van der Waals surface area contributed by atoms with E-state index >= 15 is 0 Å². The van der Waals surface area contributed by atoms with Crippen LogP contribution in [0.5, 0.6) is 0 Å². The second-order valence-electron chi connectivity index (χ2n) is 7.34. The molecule has 2 amide bonds. The number of benzene rings is 3. The summed E-state index contributed by atoms with van der Waals surface area (Å²) in [5.74, 6) is -2.05. The van der Waals surface area contributed by atoms with E-state index in [0.717, 1.165) is 17.3 Å². The summed E-state index contributed by atoms with van der Waals surface area (Å²) in [5, 5.41) is 12.5. The second kappa shape index (κ2) is 10.1. The van der Waals surface area contributed by atoms with Crippen LogP contribution in [0.1, 0.15) is 5.56 Å². The summed E-state index contributed by atoms with van der Waals surface area (Å²) >= 11 is 7.03. The molecule has 1 saturated heterocycles. The van der Waals surface area contributed by atoms with Gasteiger partial charge >= 0.3 is 0 Å². The van der Waals surface area contributed by atoms with Crippen molar-refractivity contribution in [3.8, 4) is 6.07 Å². The molecule has 1 N–H and O–H groups in total. The van der Waals surface area contributed by atoms with Gasteiger partial charge in [0.1, 0.15) is 28.3 Å². The first-order valence-electron chi connectivity index (χ1n) is 10.1. The Kier molecular flexibility index (Phi) is 6.96. The minimum atomic E-state index is -0.747. The van der Waals surface area contributed by atoms with Crippen LogP contribution < -0.4 is 10.2 Å². The number of carbonyl (C=O) groups excluding carboxylic acids is 2. The van der Waals surface area contributed by atoms with E-state index in [1.165, 1.54) is 53.4 Å². The quantitative estimate of drug-likeness (QED) is 0.365. The Morgan fingerprint density at radius 3 is 2.18 bits per heavy atom. The zero-order valence-electron chi connectivity index (χ0n) is 17.5. The van der Waals surface area contributed by atoms with Crippen molar-refractivity contribution in [2.75, 3.05) is 10.2 Å². The molecule has 34 heavy (non-hydrogen) atoms. The van der Waals surface area contributed by atoms with Crippen molar-refractivity contribution < 1.29 is 18.4 Å². The summed E-state index contributed by atoms with van der Waals surface area (Å²) < 4.78 is 26.7. The number of anilines is 2. The van der Waals surface area contributed by atoms with Gasteiger partial charge in [-0.05, 0) is 72.6 Å². The number of hydrogen-bond acceptors (Lipinski definition) is 4. The lowest BCUT2D eigenvalue weighted by Gasteiger charge is -2.18. The van der Waals surface area contributed by atoms with E-state index in [9.17, 15) is 23.6 Å². The Balaban J connectivity index is 1.71. The summed E-state index contributed by atoms with van der Waals surface area (Å²) in [6.07, 6.45) is 0.333. The van der Waals surface area contributed by atoms with Gasteiger partial charge in [-0.2, -0.15) is 5.26 Å². The molecule has 1 heterocycles. The predicted octanol–water partition coefficient (Wildman–Crippen LogP) is 5.68. The summed E-state index contributed by atoms with van der Waals surface area (Å²) in [5.41, 5.74) is 1.19. The Bertz CT molecular complexity index is 1300. The number of amides is 2. The summed E-state index contributed by atoms with van der Waals surface area (Å²) in [4.78, 5) is 27.6. The van der Waals surface area contributed by atoms with E-state index in [1.54, 1.807) is 24.3 Å². The fourth-order valence-corrected chi connectivity index (χ4v) is 4.81. The maximum atomic E-state index is 13.5. The van der Waals surface area contributed by atoms with E-state index in [1.807, 2.05) is 6.07 Å². The molecule has 0 spiro atoms. The highest BCUT2D eigenvalue weighted by Crippen LogP contribution is 2.42. The van der Waals surface area contributed by atoms with Crippen molar-refractivity contribution in [3.05, 3.63) is 106 Å². The zero-order chi connectivity index (χ0) is 24.2. The van der Waals surface area contributed by atoms with Crippen molar-refractivity contribution in [1.29, 1.82) is 5.26 Å². The molecule has 0 radical (unpaired) electrons. The molecule has 9 heteroatoms. The minimum Gasteiger partial charge on any atom is -0.321 e. The minimum absolute atomic E-state index is 0.137. The molecule has 1 aliphatic heterocycles. The number of nitriles is 1. The lowest BCUT2D eigenvalue weighted by molar-refractivity contribution is -0.117. The first-order chi connectivity index (χ1) is 16.4. The smallest absolute Gasteiger partial charge is 0.269 e. The van der Waals surface area contributed by atoms with Crippen LogP contribution in [0.3, 0.4) is 0 Å². The van der Waals surface area contributed by atoms with Crippen molar-refractivity contribution in [2.45, 2.75) is 11.7 Å². The van der Waals surface area contributed by atoms with Gasteiger partial charge in [0.15, 0.2) is 0 Å². The molecule has 4 rings (SSSR count). The van der Waals surface area contributed by atoms with Gasteiger partial charge in [0.2, 0.25) is 5.91 Å². The predicted molar refractivity (Wildman–Crippen MR) is 128 cm³/mol. The highest BCUT2D eigenvalue weighted by atomic mass is 35.5. The van der Waals surface area contributed by atoms with E-state index in [0.29, 0.717) is 22.8 Å². The van der Waals surface area contributed by atoms with Gasteiger partial charge < -0.3 is 5.32 Å². The van der Waals surface area contributed by atoms with Crippen LogP contribution >= 0.6 is 23.4 Å². The van der Waals surface area contributed by atoms with Crippen molar-refractivity contribution in [2.24, 2.45) is 0 Å². The average molecular weight is 496 g/mol. The first kappa shape index (κ1) is 23.5. The summed E-state index contributed by atoms with van der Waals surface area (Å²) in [6.45, 7) is 0. The highest BCUT2D eigenvalue weighted by Gasteiger charge is 2.40. The Morgan fingerprint density at radius 1 is 1.00 bits per heavy atom. The van der Waals surface area contributed by atoms with Crippen molar-refractivity contribution >= 4 is 46.6 Å². The Labute approximate surface area is 203 Å². The maximum absolute atomic E-state index is 13.5. The molecule has 1 aliphatic rings. The van der Waals surface area contributed by atoms with Crippen LogP contribution in [-0.2, 0) is 16.0 Å². The number of nitrogens with one attached hydrogen (secondary N) is 1. The van der Waals surface area contributed by atoms with Gasteiger partial charge in [0, 0.05) is 16.4 Å². The van der Waals surface area contributed by atoms with Gasteiger partial charge in [0.25, 0.3) is 5.91 Å². The van der Waals surface area contributed by atoms with Crippen LogP contribution in [0.2, 0.25) is 5.02 Å². The van der Waals surface area contributed by atoms with Crippen LogP contribution in [-0.4, -0.2) is 17.1 Å². The second-order valence-corrected chi connectivity index (χ2v) is 8.97. The molecule has 3 aromatic rings. The Hall–Kier alpha value is -3.67. The number of halogens is 3. The molecule has 1 atom stereocenters. The fraction of sp³-hybridized carbons (Fsp3) is 0.0800. The van der Waals surface area contributed by atoms with E-state index < -0.39 is 22.8 Å². The summed E-state index contributed by atoms with van der Waals surface area (Å²) in [6, 6.07) is 19.2. The number of carbonyl (C=O) groups is 2. The molecule has 0 saturated carbocycles. The number of rotatable bonds is 5. The van der Waals surface area contributed by atoms with Crippen molar-refractivity contribution in [3.63, 3.8) is 0 Å². The average Bonchev–Trinajstić information content (AvgIpc) is 3.13. The van der Waals surface area contributed by atoms with Crippen LogP contribution in [0.4, 0.5) is 20.2 Å². The molecule has 170 valence electrons. The van der Waals surface area contributed by atoms with Crippen molar-refractivity contribution in [1.82, 2.24) is 0 Å². The van der Waals surface area contributed by atoms with Crippen LogP contribution in [0, 0.1) is 23.0 Å². The van der Waals surface area contributed by atoms with Gasteiger partial charge in [0.05, 0.1) is 5.25 Å². The monoisotopic (exact) mass is 495 g/mol. The SMILES string of the molecule is N#CC(C(=O)Nc1ccc(F)cc1)=C1SC(Cc2ccc(Cl)cc2)C(=O)N1c1ccc(F)cc1. The molecule has 1 unspecified atom stereocenters. The first-order valence-corrected chi connectivity index (χ1v) is 11.3. The Morgan fingerprint density at radius 2 is 1.59 bits per heavy atom. The molecule has 0 aliphatic carbocycles. The van der Waals surface area contributed by atoms with Gasteiger partial charge in [-0.25, -0.2) is 8.78 Å². The molecule has 0 aromatic heterocycles. The third kappa shape index (κ3) is 5.11. The third-order valence-corrected chi connectivity index (χ3v) is 6.54. The van der Waals surface area contributed by atoms with Gasteiger partial charge in [-0.1, -0.05) is 35.5 Å². The lowest BCUT2D eigenvalue weighted by atomic mass is 10.1. The maximum Gasteiger partial charge on any atom is 0.269 e. The molecular weight excluding hydrogens is 480 g/mol. The van der Waals surface area contributed by atoms with Crippen LogP contribution in [0.15, 0.2) is 83.4 Å². The van der Waals surface area contributed by atoms with Gasteiger partial charge in [-0.15, -0.1) is 0 Å². The summed E-state index contributed by atoms with van der Waals surface area (Å²) in [7, 11) is 0.